The molecular formula is C13H21N2. The summed E-state index contributed by atoms with van der Waals surface area (Å²) in [5.74, 6) is 0. The Kier molecular flexibility index (Phi) is 2.98. The number of likely N-dealkylation sites (N-methyl/N-ethyl adjacent to an activating group) is 1. The fraction of sp³-hybridized carbons (Fsp3) is 0.615. The van der Waals surface area contributed by atoms with Crippen molar-refractivity contribution in [1.29, 1.82) is 0 Å². The molecule has 0 aromatic carbocycles. The summed E-state index contributed by atoms with van der Waals surface area (Å²) in [4.78, 5) is 4.99. The van der Waals surface area contributed by atoms with Crippen LogP contribution in [-0.2, 0) is 0 Å². The van der Waals surface area contributed by atoms with Gasteiger partial charge in [-0.2, -0.15) is 0 Å². The predicted octanol–water partition coefficient (Wildman–Crippen LogP) is 1.71. The average Bonchev–Trinajstić information content (AvgIpc) is 2.23. The molecule has 1 fully saturated rings. The van der Waals surface area contributed by atoms with Gasteiger partial charge in [-0.05, 0) is 20.9 Å². The number of piperazine rings is 1. The molecule has 1 heterocycles. The maximum Gasteiger partial charge on any atom is 0.0574 e. The van der Waals surface area contributed by atoms with Crippen molar-refractivity contribution in [2.75, 3.05) is 33.2 Å². The summed E-state index contributed by atoms with van der Waals surface area (Å²) in [6.45, 7) is 9.26. The summed E-state index contributed by atoms with van der Waals surface area (Å²) < 4.78 is 0. The SMILES string of the molecule is CC1=C[CH]C=CC1(C)N1CCN(C)CC1. The monoisotopic (exact) mass is 205 g/mol. The molecule has 0 aromatic heterocycles. The molecule has 1 aliphatic heterocycles. The smallest absolute Gasteiger partial charge is 0.0574 e. The van der Waals surface area contributed by atoms with E-state index in [0.717, 1.165) is 0 Å². The van der Waals surface area contributed by atoms with Crippen LogP contribution in [0.4, 0.5) is 0 Å². The number of hydrogen-bond acceptors (Lipinski definition) is 2. The van der Waals surface area contributed by atoms with E-state index in [1.165, 1.54) is 31.8 Å². The van der Waals surface area contributed by atoms with Gasteiger partial charge in [0.05, 0.1) is 5.54 Å². The summed E-state index contributed by atoms with van der Waals surface area (Å²) in [5.41, 5.74) is 1.60. The molecule has 2 rings (SSSR count). The highest BCUT2D eigenvalue weighted by Crippen LogP contribution is 2.30. The summed E-state index contributed by atoms with van der Waals surface area (Å²) in [6.07, 6.45) is 8.87. The normalized spacial score (nSPS) is 34.2. The second kappa shape index (κ2) is 4.11. The third kappa shape index (κ3) is 2.01. The highest BCUT2D eigenvalue weighted by molar-refractivity contribution is 5.35. The van der Waals surface area contributed by atoms with Gasteiger partial charge >= 0.3 is 0 Å². The Labute approximate surface area is 93.2 Å². The van der Waals surface area contributed by atoms with E-state index in [1.54, 1.807) is 0 Å². The zero-order valence-corrected chi connectivity index (χ0v) is 10.0. The lowest BCUT2D eigenvalue weighted by Crippen LogP contribution is -2.55. The molecule has 1 aliphatic carbocycles. The fourth-order valence-electron chi connectivity index (χ4n) is 2.37. The first kappa shape index (κ1) is 10.9. The molecule has 0 saturated carbocycles. The van der Waals surface area contributed by atoms with Crippen LogP contribution >= 0.6 is 0 Å². The Bertz CT molecular complexity index is 285. The number of rotatable bonds is 1. The minimum absolute atomic E-state index is 0.149. The first-order valence-electron chi connectivity index (χ1n) is 5.76. The van der Waals surface area contributed by atoms with Crippen LogP contribution in [0.1, 0.15) is 13.8 Å². The molecule has 0 aromatic rings. The minimum Gasteiger partial charge on any atom is -0.304 e. The lowest BCUT2D eigenvalue weighted by molar-refractivity contribution is 0.0976. The molecule has 0 N–H and O–H groups in total. The van der Waals surface area contributed by atoms with Gasteiger partial charge in [0.1, 0.15) is 0 Å². The van der Waals surface area contributed by atoms with Crippen molar-refractivity contribution in [2.45, 2.75) is 19.4 Å². The molecule has 15 heavy (non-hydrogen) atoms. The Morgan fingerprint density at radius 2 is 1.87 bits per heavy atom. The Morgan fingerprint density at radius 3 is 2.47 bits per heavy atom. The summed E-state index contributed by atoms with van der Waals surface area (Å²) in [6, 6.07) is 0. The number of hydrogen-bond donors (Lipinski definition) is 0. The van der Waals surface area contributed by atoms with Gasteiger partial charge in [-0.25, -0.2) is 0 Å². The standard InChI is InChI=1S/C13H21N2/c1-12-6-4-5-7-13(12,2)15-10-8-14(3)9-11-15/h4-7H,8-11H2,1-3H3. The van der Waals surface area contributed by atoms with Crippen molar-refractivity contribution in [2.24, 2.45) is 0 Å². The third-order valence-electron chi connectivity index (χ3n) is 3.84. The molecule has 1 atom stereocenters. The Morgan fingerprint density at radius 1 is 1.20 bits per heavy atom. The van der Waals surface area contributed by atoms with Crippen LogP contribution in [0.2, 0.25) is 0 Å². The van der Waals surface area contributed by atoms with Gasteiger partial charge in [0.2, 0.25) is 0 Å². The van der Waals surface area contributed by atoms with Crippen LogP contribution in [0.25, 0.3) is 0 Å². The van der Waals surface area contributed by atoms with E-state index >= 15 is 0 Å². The molecule has 1 unspecified atom stereocenters. The van der Waals surface area contributed by atoms with E-state index in [4.69, 9.17) is 0 Å². The van der Waals surface area contributed by atoms with Crippen LogP contribution in [0.15, 0.2) is 23.8 Å². The van der Waals surface area contributed by atoms with Gasteiger partial charge in [0.25, 0.3) is 0 Å². The van der Waals surface area contributed by atoms with Gasteiger partial charge in [0.15, 0.2) is 0 Å². The molecule has 2 aliphatic rings. The molecule has 0 spiro atoms. The van der Waals surface area contributed by atoms with Crippen molar-refractivity contribution in [3.8, 4) is 0 Å². The Balaban J connectivity index is 2.11. The van der Waals surface area contributed by atoms with Crippen molar-refractivity contribution in [1.82, 2.24) is 9.80 Å². The highest BCUT2D eigenvalue weighted by Gasteiger charge is 2.33. The average molecular weight is 205 g/mol. The van der Waals surface area contributed by atoms with E-state index in [9.17, 15) is 0 Å². The topological polar surface area (TPSA) is 6.48 Å². The summed E-state index contributed by atoms with van der Waals surface area (Å²) in [7, 11) is 2.20. The van der Waals surface area contributed by atoms with Crippen LogP contribution in [0.5, 0.6) is 0 Å². The zero-order chi connectivity index (χ0) is 10.9. The van der Waals surface area contributed by atoms with Crippen LogP contribution in [0.3, 0.4) is 0 Å². The van der Waals surface area contributed by atoms with Crippen molar-refractivity contribution in [3.05, 3.63) is 30.2 Å². The molecule has 2 nitrogen and oxygen atoms in total. The summed E-state index contributed by atoms with van der Waals surface area (Å²) >= 11 is 0. The molecule has 0 amide bonds. The lowest BCUT2D eigenvalue weighted by atomic mass is 9.85. The predicted molar refractivity (Wildman–Crippen MR) is 64.7 cm³/mol. The van der Waals surface area contributed by atoms with Crippen molar-refractivity contribution in [3.63, 3.8) is 0 Å². The molecule has 83 valence electrons. The second-order valence-electron chi connectivity index (χ2n) is 4.84. The molecule has 0 bridgehead atoms. The number of allylic oxidation sites excluding steroid dienone is 2. The van der Waals surface area contributed by atoms with E-state index in [1.807, 2.05) is 0 Å². The maximum atomic E-state index is 2.59. The number of nitrogens with zero attached hydrogens (tertiary/aromatic N) is 2. The zero-order valence-electron chi connectivity index (χ0n) is 10.0. The maximum absolute atomic E-state index is 2.59. The Hall–Kier alpha value is -0.600. The van der Waals surface area contributed by atoms with E-state index in [2.05, 4.69) is 55.3 Å². The third-order valence-corrected chi connectivity index (χ3v) is 3.84. The minimum atomic E-state index is 0.149. The van der Waals surface area contributed by atoms with Gasteiger partial charge in [-0.15, -0.1) is 0 Å². The van der Waals surface area contributed by atoms with E-state index < -0.39 is 0 Å². The molecule has 2 heteroatoms. The quantitative estimate of drug-likeness (QED) is 0.643. The molecule has 1 radical (unpaired) electrons. The van der Waals surface area contributed by atoms with Gasteiger partial charge in [-0.1, -0.05) is 23.8 Å². The van der Waals surface area contributed by atoms with Gasteiger partial charge < -0.3 is 4.90 Å². The molecular weight excluding hydrogens is 184 g/mol. The van der Waals surface area contributed by atoms with Crippen molar-refractivity contribution < 1.29 is 0 Å². The van der Waals surface area contributed by atoms with Gasteiger partial charge in [-0.3, -0.25) is 4.90 Å². The summed E-state index contributed by atoms with van der Waals surface area (Å²) in [5, 5.41) is 0. The molecule has 1 saturated heterocycles. The largest absolute Gasteiger partial charge is 0.304 e. The van der Waals surface area contributed by atoms with Crippen LogP contribution < -0.4 is 0 Å². The fourth-order valence-corrected chi connectivity index (χ4v) is 2.37. The van der Waals surface area contributed by atoms with Crippen LogP contribution in [-0.4, -0.2) is 48.6 Å². The second-order valence-corrected chi connectivity index (χ2v) is 4.84. The van der Waals surface area contributed by atoms with E-state index in [-0.39, 0.29) is 5.54 Å². The highest BCUT2D eigenvalue weighted by atomic mass is 15.3. The van der Waals surface area contributed by atoms with Gasteiger partial charge in [0, 0.05) is 32.6 Å². The van der Waals surface area contributed by atoms with Crippen molar-refractivity contribution >= 4 is 0 Å². The first-order valence-corrected chi connectivity index (χ1v) is 5.76. The van der Waals surface area contributed by atoms with Crippen LogP contribution in [0, 0.1) is 6.42 Å². The van der Waals surface area contributed by atoms with E-state index in [0.29, 0.717) is 0 Å². The lowest BCUT2D eigenvalue weighted by Gasteiger charge is -2.45. The first-order chi connectivity index (χ1) is 7.13.